The van der Waals surface area contributed by atoms with Crippen LogP contribution in [0.3, 0.4) is 0 Å². The van der Waals surface area contributed by atoms with E-state index in [9.17, 15) is 14.3 Å². The minimum Gasteiger partial charge on any atom is -0.465 e. The average molecular weight is 605 g/mol. The second-order valence-corrected chi connectivity index (χ2v) is 14.8. The normalized spacial score (nSPS) is 20.8. The maximum atomic E-state index is 13.1. The van der Waals surface area contributed by atoms with Crippen LogP contribution < -0.4 is 0 Å². The number of likely N-dealkylation sites (N-methyl/N-ethyl adjacent to an activating group) is 1. The molecule has 0 aromatic rings. The van der Waals surface area contributed by atoms with Gasteiger partial charge in [-0.1, -0.05) is 122 Å². The number of nitrogens with zero attached hydrogens (tertiary/aromatic N) is 1. The van der Waals surface area contributed by atoms with Crippen molar-refractivity contribution >= 4 is 13.8 Å². The molecule has 0 saturated heterocycles. The summed E-state index contributed by atoms with van der Waals surface area (Å²) in [5, 5.41) is 0. The molecule has 0 spiro atoms. The maximum absolute atomic E-state index is 13.1. The molecule has 1 rings (SSSR count). The van der Waals surface area contributed by atoms with Crippen LogP contribution in [0.4, 0.5) is 0 Å². The number of carbonyl (C=O) groups excluding carboxylic acids is 1. The number of quaternary nitrogens is 1. The first-order valence-electron chi connectivity index (χ1n) is 17.2. The molecule has 7 nitrogen and oxygen atoms in total. The van der Waals surface area contributed by atoms with Gasteiger partial charge in [-0.25, -0.2) is 4.57 Å². The fraction of sp³-hybridized carbons (Fsp3) is 0.970. The van der Waals surface area contributed by atoms with E-state index in [0.29, 0.717) is 36.9 Å². The third-order valence-corrected chi connectivity index (χ3v) is 9.67. The van der Waals surface area contributed by atoms with E-state index in [-0.39, 0.29) is 12.6 Å². The van der Waals surface area contributed by atoms with Crippen LogP contribution in [0.25, 0.3) is 0 Å². The van der Waals surface area contributed by atoms with Crippen molar-refractivity contribution in [2.75, 3.05) is 40.9 Å². The summed E-state index contributed by atoms with van der Waals surface area (Å²) >= 11 is 0. The summed E-state index contributed by atoms with van der Waals surface area (Å²) in [6.45, 7) is 5.08. The summed E-state index contributed by atoms with van der Waals surface area (Å²) < 4.78 is 29.7. The minimum atomic E-state index is -4.26. The van der Waals surface area contributed by atoms with Gasteiger partial charge in [0.25, 0.3) is 0 Å². The Kier molecular flexibility index (Phi) is 20.8. The molecule has 8 heteroatoms. The molecule has 1 aliphatic rings. The highest BCUT2D eigenvalue weighted by atomic mass is 31.2. The third-order valence-electron chi connectivity index (χ3n) is 8.64. The molecular weight excluding hydrogens is 537 g/mol. The van der Waals surface area contributed by atoms with Gasteiger partial charge >= 0.3 is 13.8 Å². The number of phosphoric acid groups is 1. The molecule has 1 unspecified atom stereocenters. The summed E-state index contributed by atoms with van der Waals surface area (Å²) in [4.78, 5) is 23.5. The lowest BCUT2D eigenvalue weighted by Crippen LogP contribution is -2.41. The monoisotopic (exact) mass is 604 g/mol. The molecule has 3 atom stereocenters. The lowest BCUT2D eigenvalue weighted by molar-refractivity contribution is -0.870. The van der Waals surface area contributed by atoms with Crippen LogP contribution in [0.5, 0.6) is 0 Å². The first kappa shape index (κ1) is 38.6. The van der Waals surface area contributed by atoms with Gasteiger partial charge in [-0.3, -0.25) is 13.8 Å². The Morgan fingerprint density at radius 3 is 1.71 bits per heavy atom. The number of carbonyl (C=O) groups is 1. The van der Waals surface area contributed by atoms with Crippen LogP contribution in [0.1, 0.15) is 155 Å². The van der Waals surface area contributed by atoms with Crippen LogP contribution in [0.2, 0.25) is 0 Å². The fourth-order valence-electron chi connectivity index (χ4n) is 6.05. The molecule has 0 amide bonds. The zero-order chi connectivity index (χ0) is 30.5. The molecule has 0 aliphatic heterocycles. The molecule has 0 aromatic carbocycles. The van der Waals surface area contributed by atoms with E-state index in [1.165, 1.54) is 96.3 Å². The average Bonchev–Trinajstić information content (AvgIpc) is 3.29. The Hall–Kier alpha value is -0.460. The van der Waals surface area contributed by atoms with Gasteiger partial charge in [0, 0.05) is 0 Å². The third kappa shape index (κ3) is 18.1. The van der Waals surface area contributed by atoms with Gasteiger partial charge < -0.3 is 14.1 Å². The van der Waals surface area contributed by atoms with E-state index in [1.807, 2.05) is 21.1 Å². The summed E-state index contributed by atoms with van der Waals surface area (Å²) in [5.74, 6) is -0.291. The van der Waals surface area contributed by atoms with Crippen molar-refractivity contribution in [3.63, 3.8) is 0 Å². The predicted molar refractivity (Wildman–Crippen MR) is 170 cm³/mol. The van der Waals surface area contributed by atoms with Crippen molar-refractivity contribution in [3.8, 4) is 0 Å². The molecule has 1 fully saturated rings. The SMILES string of the molecule is CCCCCCCCCCCCCCCCCCCC[C@@]1(C(=O)OCC)CCC[C@H]1OP(=O)(O)OCC[N+](C)(C)C. The Bertz CT molecular complexity index is 712. The fourth-order valence-corrected chi connectivity index (χ4v) is 7.06. The highest BCUT2D eigenvalue weighted by Crippen LogP contribution is 2.54. The van der Waals surface area contributed by atoms with Crippen LogP contribution in [0.15, 0.2) is 0 Å². The minimum absolute atomic E-state index is 0.121. The quantitative estimate of drug-likeness (QED) is 0.0435. The topological polar surface area (TPSA) is 82.1 Å². The molecule has 1 aliphatic carbocycles. The second-order valence-electron chi connectivity index (χ2n) is 13.4. The van der Waals surface area contributed by atoms with E-state index in [4.69, 9.17) is 13.8 Å². The zero-order valence-corrected chi connectivity index (χ0v) is 28.5. The summed E-state index contributed by atoms with van der Waals surface area (Å²) in [6, 6.07) is 0. The van der Waals surface area contributed by atoms with E-state index in [1.54, 1.807) is 6.92 Å². The first-order valence-corrected chi connectivity index (χ1v) is 18.7. The van der Waals surface area contributed by atoms with Crippen LogP contribution in [-0.4, -0.2) is 62.4 Å². The first-order chi connectivity index (χ1) is 19.6. The summed E-state index contributed by atoms with van der Waals surface area (Å²) in [5.41, 5.74) is -0.854. The highest BCUT2D eigenvalue weighted by Gasteiger charge is 2.52. The van der Waals surface area contributed by atoms with Gasteiger partial charge in [0.1, 0.15) is 13.2 Å². The smallest absolute Gasteiger partial charge is 0.465 e. The van der Waals surface area contributed by atoms with Gasteiger partial charge in [0.15, 0.2) is 0 Å². The molecule has 244 valence electrons. The van der Waals surface area contributed by atoms with Crippen molar-refractivity contribution in [3.05, 3.63) is 0 Å². The van der Waals surface area contributed by atoms with Gasteiger partial charge in [0.05, 0.1) is 39.3 Å². The lowest BCUT2D eigenvalue weighted by atomic mass is 9.79. The highest BCUT2D eigenvalue weighted by molar-refractivity contribution is 7.47. The van der Waals surface area contributed by atoms with Crippen LogP contribution >= 0.6 is 7.82 Å². The molecule has 41 heavy (non-hydrogen) atoms. The predicted octanol–water partition coefficient (Wildman–Crippen LogP) is 9.36. The van der Waals surface area contributed by atoms with Gasteiger partial charge in [-0.2, -0.15) is 0 Å². The van der Waals surface area contributed by atoms with E-state index >= 15 is 0 Å². The Morgan fingerprint density at radius 2 is 1.27 bits per heavy atom. The second kappa shape index (κ2) is 22.1. The standard InChI is InChI=1S/C33H66NO6P/c1-6-8-9-10-11-12-13-14-15-16-17-18-19-20-21-22-23-24-27-33(32(35)38-7-2)28-25-26-31(33)40-41(36,37)39-30-29-34(3,4)5/h31H,6-30H2,1-5H3/p+1/t31-,33-/m1/s1. The van der Waals surface area contributed by atoms with E-state index in [0.717, 1.165) is 25.7 Å². The van der Waals surface area contributed by atoms with Crippen molar-refractivity contribution < 1.29 is 32.5 Å². The molecule has 1 N–H and O–H groups in total. The largest absolute Gasteiger partial charge is 0.472 e. The van der Waals surface area contributed by atoms with E-state index < -0.39 is 19.3 Å². The number of esters is 1. The molecule has 0 bridgehead atoms. The zero-order valence-electron chi connectivity index (χ0n) is 27.6. The Labute approximate surface area is 253 Å². The Morgan fingerprint density at radius 1 is 0.805 bits per heavy atom. The number of unbranched alkanes of at least 4 members (excludes halogenated alkanes) is 17. The maximum Gasteiger partial charge on any atom is 0.472 e. The van der Waals surface area contributed by atoms with Gasteiger partial charge in [-0.15, -0.1) is 0 Å². The van der Waals surface area contributed by atoms with Crippen molar-refractivity contribution in [2.45, 2.75) is 161 Å². The summed E-state index contributed by atoms with van der Waals surface area (Å²) in [7, 11) is 1.72. The number of hydrogen-bond acceptors (Lipinski definition) is 5. The van der Waals surface area contributed by atoms with E-state index in [2.05, 4.69) is 6.92 Å². The van der Waals surface area contributed by atoms with Crippen molar-refractivity contribution in [1.29, 1.82) is 0 Å². The molecule has 0 heterocycles. The number of phosphoric ester groups is 1. The molecule has 1 saturated carbocycles. The molecule has 0 radical (unpaired) electrons. The van der Waals surface area contributed by atoms with Gasteiger partial charge in [-0.05, 0) is 32.6 Å². The molecule has 0 aromatic heterocycles. The van der Waals surface area contributed by atoms with Crippen LogP contribution in [-0.2, 0) is 23.1 Å². The lowest BCUT2D eigenvalue weighted by Gasteiger charge is -2.33. The van der Waals surface area contributed by atoms with Gasteiger partial charge in [0.2, 0.25) is 0 Å². The number of hydrogen-bond donors (Lipinski definition) is 1. The number of ether oxygens (including phenoxy) is 1. The summed E-state index contributed by atoms with van der Waals surface area (Å²) in [6.07, 6.45) is 25.7. The number of rotatable bonds is 27. The molecular formula is C33H67NO6P+. The van der Waals surface area contributed by atoms with Crippen molar-refractivity contribution in [2.24, 2.45) is 5.41 Å². The Balaban J connectivity index is 2.25. The van der Waals surface area contributed by atoms with Crippen molar-refractivity contribution in [1.82, 2.24) is 0 Å². The van der Waals surface area contributed by atoms with Crippen LogP contribution in [0, 0.1) is 5.41 Å².